The Labute approximate surface area is 153 Å². The van der Waals surface area contributed by atoms with E-state index < -0.39 is 0 Å². The number of amides is 2. The Morgan fingerprint density at radius 1 is 1.08 bits per heavy atom. The highest BCUT2D eigenvalue weighted by Gasteiger charge is 2.13. The molecule has 132 valence electrons. The third kappa shape index (κ3) is 6.27. The molecule has 0 aliphatic rings. The lowest BCUT2D eigenvalue weighted by molar-refractivity contribution is -0.113. The van der Waals surface area contributed by atoms with Crippen LogP contribution < -0.4 is 10.6 Å². The molecule has 0 bridgehead atoms. The molecule has 0 aromatic heterocycles. The topological polar surface area (TPSA) is 58.2 Å². The van der Waals surface area contributed by atoms with E-state index in [-0.39, 0.29) is 17.9 Å². The average Bonchev–Trinajstić information content (AvgIpc) is 2.54. The quantitative estimate of drug-likeness (QED) is 0.788. The van der Waals surface area contributed by atoms with E-state index in [4.69, 9.17) is 0 Å². The maximum Gasteiger partial charge on any atom is 0.253 e. The summed E-state index contributed by atoms with van der Waals surface area (Å²) in [5.74, 6) is 0.833. The molecule has 0 atom stereocenters. The average molecular weight is 356 g/mol. The summed E-state index contributed by atoms with van der Waals surface area (Å²) in [4.78, 5) is 24.4. The van der Waals surface area contributed by atoms with Crippen molar-refractivity contribution in [3.05, 3.63) is 65.2 Å². The summed E-state index contributed by atoms with van der Waals surface area (Å²) in [6.45, 7) is 5.86. The van der Waals surface area contributed by atoms with E-state index in [9.17, 15) is 9.59 Å². The second kappa shape index (κ2) is 9.28. The molecule has 2 aromatic rings. The number of carbonyl (C=O) groups is 2. The predicted molar refractivity (Wildman–Crippen MR) is 105 cm³/mol. The van der Waals surface area contributed by atoms with Crippen LogP contribution in [-0.2, 0) is 10.5 Å². The number of carbonyl (C=O) groups excluding carboxylic acids is 2. The summed E-state index contributed by atoms with van der Waals surface area (Å²) in [6, 6.07) is 15.4. The minimum Gasteiger partial charge on any atom is -0.350 e. The fraction of sp³-hybridized carbons (Fsp3) is 0.300. The van der Waals surface area contributed by atoms with Crippen LogP contribution in [0, 0.1) is 6.92 Å². The first-order valence-corrected chi connectivity index (χ1v) is 9.44. The van der Waals surface area contributed by atoms with Crippen molar-refractivity contribution < 1.29 is 9.59 Å². The predicted octanol–water partition coefficient (Wildman–Crippen LogP) is 4.01. The van der Waals surface area contributed by atoms with Gasteiger partial charge >= 0.3 is 0 Å². The Hall–Kier alpha value is -2.27. The molecule has 0 aliphatic heterocycles. The van der Waals surface area contributed by atoms with Gasteiger partial charge in [-0.1, -0.05) is 42.0 Å². The molecule has 0 heterocycles. The number of rotatable bonds is 7. The number of thioether (sulfide) groups is 1. The SMILES string of the molecule is Cc1cccc(CSCC(=O)Nc2ccccc2C(=O)NC(C)C)c1. The lowest BCUT2D eigenvalue weighted by atomic mass is 10.1. The molecule has 2 N–H and O–H groups in total. The molecule has 0 radical (unpaired) electrons. The largest absolute Gasteiger partial charge is 0.350 e. The third-order valence-corrected chi connectivity index (χ3v) is 4.45. The maximum absolute atomic E-state index is 12.2. The summed E-state index contributed by atoms with van der Waals surface area (Å²) >= 11 is 1.55. The van der Waals surface area contributed by atoms with Crippen molar-refractivity contribution in [1.82, 2.24) is 5.32 Å². The Morgan fingerprint density at radius 3 is 2.56 bits per heavy atom. The number of benzene rings is 2. The van der Waals surface area contributed by atoms with E-state index in [1.165, 1.54) is 11.1 Å². The van der Waals surface area contributed by atoms with Crippen LogP contribution >= 0.6 is 11.8 Å². The Balaban J connectivity index is 1.91. The summed E-state index contributed by atoms with van der Waals surface area (Å²) in [5.41, 5.74) is 3.44. The second-order valence-corrected chi connectivity index (χ2v) is 7.19. The number of hydrogen-bond donors (Lipinski definition) is 2. The number of nitrogens with one attached hydrogen (secondary N) is 2. The van der Waals surface area contributed by atoms with Crippen molar-refractivity contribution in [2.75, 3.05) is 11.1 Å². The van der Waals surface area contributed by atoms with Crippen LogP contribution in [0.2, 0.25) is 0 Å². The molecule has 25 heavy (non-hydrogen) atoms. The van der Waals surface area contributed by atoms with Crippen molar-refractivity contribution in [2.45, 2.75) is 32.6 Å². The minimum absolute atomic E-state index is 0.0427. The summed E-state index contributed by atoms with van der Waals surface area (Å²) in [7, 11) is 0. The Morgan fingerprint density at radius 2 is 1.84 bits per heavy atom. The zero-order valence-corrected chi connectivity index (χ0v) is 15.7. The third-order valence-electron chi connectivity index (χ3n) is 3.45. The fourth-order valence-electron chi connectivity index (χ4n) is 2.38. The molecule has 0 aliphatic carbocycles. The normalized spacial score (nSPS) is 10.6. The Bertz CT molecular complexity index is 744. The van der Waals surface area contributed by atoms with Crippen LogP contribution in [0.15, 0.2) is 48.5 Å². The van der Waals surface area contributed by atoms with Gasteiger partial charge in [0.15, 0.2) is 0 Å². The van der Waals surface area contributed by atoms with Gasteiger partial charge in [0.25, 0.3) is 5.91 Å². The Kier molecular flexibility index (Phi) is 7.07. The van der Waals surface area contributed by atoms with Gasteiger partial charge in [0.05, 0.1) is 17.0 Å². The van der Waals surface area contributed by atoms with Gasteiger partial charge in [0, 0.05) is 11.8 Å². The number of aryl methyl sites for hydroxylation is 1. The highest BCUT2D eigenvalue weighted by Crippen LogP contribution is 2.17. The molecule has 4 nitrogen and oxygen atoms in total. The molecule has 5 heteroatoms. The monoisotopic (exact) mass is 356 g/mol. The molecule has 2 amide bonds. The van der Waals surface area contributed by atoms with Crippen LogP contribution in [0.4, 0.5) is 5.69 Å². The highest BCUT2D eigenvalue weighted by atomic mass is 32.2. The van der Waals surface area contributed by atoms with Crippen molar-refractivity contribution in [2.24, 2.45) is 0 Å². The van der Waals surface area contributed by atoms with Gasteiger partial charge in [0.1, 0.15) is 0 Å². The fourth-order valence-corrected chi connectivity index (χ4v) is 3.15. The standard InChI is InChI=1S/C20H24N2O2S/c1-14(2)21-20(24)17-9-4-5-10-18(17)22-19(23)13-25-12-16-8-6-7-15(3)11-16/h4-11,14H,12-13H2,1-3H3,(H,21,24)(H,22,23). The summed E-state index contributed by atoms with van der Waals surface area (Å²) in [5, 5.41) is 5.69. The van der Waals surface area contributed by atoms with Gasteiger partial charge in [0.2, 0.25) is 5.91 Å². The molecule has 0 fully saturated rings. The minimum atomic E-state index is -0.182. The maximum atomic E-state index is 12.2. The van der Waals surface area contributed by atoms with Crippen LogP contribution in [0.25, 0.3) is 0 Å². The molecule has 0 saturated heterocycles. The smallest absolute Gasteiger partial charge is 0.253 e. The van der Waals surface area contributed by atoms with Crippen LogP contribution in [-0.4, -0.2) is 23.6 Å². The molecule has 2 rings (SSSR count). The van der Waals surface area contributed by atoms with Crippen molar-refractivity contribution in [3.63, 3.8) is 0 Å². The number of anilines is 1. The van der Waals surface area contributed by atoms with E-state index in [0.29, 0.717) is 17.0 Å². The first-order chi connectivity index (χ1) is 12.0. The van der Waals surface area contributed by atoms with Crippen molar-refractivity contribution >= 4 is 29.3 Å². The second-order valence-electron chi connectivity index (χ2n) is 6.20. The van der Waals surface area contributed by atoms with Crippen LogP contribution in [0.5, 0.6) is 0 Å². The van der Waals surface area contributed by atoms with E-state index >= 15 is 0 Å². The molecule has 0 saturated carbocycles. The highest BCUT2D eigenvalue weighted by molar-refractivity contribution is 7.99. The van der Waals surface area contributed by atoms with Gasteiger partial charge in [-0.25, -0.2) is 0 Å². The summed E-state index contributed by atoms with van der Waals surface area (Å²) < 4.78 is 0. The molecule has 0 unspecified atom stereocenters. The first kappa shape index (κ1) is 19.1. The number of para-hydroxylation sites is 1. The molecular weight excluding hydrogens is 332 g/mol. The van der Waals surface area contributed by atoms with E-state index in [1.807, 2.05) is 26.0 Å². The van der Waals surface area contributed by atoms with E-state index in [2.05, 4.69) is 35.8 Å². The van der Waals surface area contributed by atoms with Crippen molar-refractivity contribution in [3.8, 4) is 0 Å². The molecular formula is C20H24N2O2S. The molecule has 0 spiro atoms. The van der Waals surface area contributed by atoms with Gasteiger partial charge in [-0.2, -0.15) is 0 Å². The molecule has 2 aromatic carbocycles. The van der Waals surface area contributed by atoms with Gasteiger partial charge < -0.3 is 10.6 Å². The summed E-state index contributed by atoms with van der Waals surface area (Å²) in [6.07, 6.45) is 0. The first-order valence-electron chi connectivity index (χ1n) is 8.28. The van der Waals surface area contributed by atoms with E-state index in [1.54, 1.807) is 30.0 Å². The lowest BCUT2D eigenvalue weighted by Crippen LogP contribution is -2.31. The van der Waals surface area contributed by atoms with Gasteiger partial charge in [-0.3, -0.25) is 9.59 Å². The lowest BCUT2D eigenvalue weighted by Gasteiger charge is -2.13. The van der Waals surface area contributed by atoms with Gasteiger partial charge in [-0.05, 0) is 38.5 Å². The van der Waals surface area contributed by atoms with E-state index in [0.717, 1.165) is 5.75 Å². The zero-order chi connectivity index (χ0) is 18.2. The van der Waals surface area contributed by atoms with Crippen LogP contribution in [0.1, 0.15) is 35.3 Å². The van der Waals surface area contributed by atoms with Crippen LogP contribution in [0.3, 0.4) is 0 Å². The van der Waals surface area contributed by atoms with Gasteiger partial charge in [-0.15, -0.1) is 11.8 Å². The van der Waals surface area contributed by atoms with Crippen molar-refractivity contribution in [1.29, 1.82) is 0 Å². The number of hydrogen-bond acceptors (Lipinski definition) is 3. The zero-order valence-electron chi connectivity index (χ0n) is 14.8.